The van der Waals surface area contributed by atoms with E-state index in [2.05, 4.69) is 6.58 Å². The van der Waals surface area contributed by atoms with Crippen molar-refractivity contribution in [3.63, 3.8) is 0 Å². The SMILES string of the molecule is C=CCN(C)C(=O)c1ccc(N)c(F)c1. The molecule has 2 N–H and O–H groups in total. The van der Waals surface area contributed by atoms with Gasteiger partial charge in [0.1, 0.15) is 5.82 Å². The van der Waals surface area contributed by atoms with Gasteiger partial charge in [-0.1, -0.05) is 6.08 Å². The first kappa shape index (κ1) is 11.2. The van der Waals surface area contributed by atoms with Crippen LogP contribution in [0.2, 0.25) is 0 Å². The number of halogens is 1. The van der Waals surface area contributed by atoms with Crippen molar-refractivity contribution >= 4 is 11.6 Å². The van der Waals surface area contributed by atoms with Gasteiger partial charge in [0, 0.05) is 19.2 Å². The molecule has 4 heteroatoms. The summed E-state index contributed by atoms with van der Waals surface area (Å²) in [5, 5.41) is 0. The third kappa shape index (κ3) is 2.56. The highest BCUT2D eigenvalue weighted by atomic mass is 19.1. The lowest BCUT2D eigenvalue weighted by molar-refractivity contribution is 0.0810. The maximum atomic E-state index is 13.1. The van der Waals surface area contributed by atoms with E-state index >= 15 is 0 Å². The van der Waals surface area contributed by atoms with Crippen LogP contribution in [0.3, 0.4) is 0 Å². The van der Waals surface area contributed by atoms with Gasteiger partial charge in [0.25, 0.3) is 5.91 Å². The molecule has 0 fully saturated rings. The molecule has 15 heavy (non-hydrogen) atoms. The number of hydrogen-bond donors (Lipinski definition) is 1. The molecule has 0 aliphatic carbocycles. The van der Waals surface area contributed by atoms with Crippen molar-refractivity contribution in [1.82, 2.24) is 4.90 Å². The summed E-state index contributed by atoms with van der Waals surface area (Å²) in [5.41, 5.74) is 5.63. The van der Waals surface area contributed by atoms with E-state index in [1.807, 2.05) is 0 Å². The zero-order valence-electron chi connectivity index (χ0n) is 8.53. The Balaban J connectivity index is 2.91. The molecule has 0 unspecified atom stereocenters. The van der Waals surface area contributed by atoms with Crippen LogP contribution >= 0.6 is 0 Å². The molecule has 0 saturated carbocycles. The second-order valence-corrected chi connectivity index (χ2v) is 3.21. The molecule has 0 radical (unpaired) electrons. The van der Waals surface area contributed by atoms with Gasteiger partial charge < -0.3 is 10.6 Å². The summed E-state index contributed by atoms with van der Waals surface area (Å²) in [6.07, 6.45) is 1.60. The van der Waals surface area contributed by atoms with Crippen molar-refractivity contribution in [3.8, 4) is 0 Å². The van der Waals surface area contributed by atoms with Crippen LogP contribution in [0.5, 0.6) is 0 Å². The molecule has 0 spiro atoms. The number of rotatable bonds is 3. The Kier molecular flexibility index (Phi) is 3.44. The van der Waals surface area contributed by atoms with E-state index in [4.69, 9.17) is 5.73 Å². The van der Waals surface area contributed by atoms with Gasteiger partial charge in [0.05, 0.1) is 5.69 Å². The molecule has 0 aliphatic heterocycles. The van der Waals surface area contributed by atoms with Crippen LogP contribution in [0.4, 0.5) is 10.1 Å². The van der Waals surface area contributed by atoms with Gasteiger partial charge in [0.2, 0.25) is 0 Å². The zero-order chi connectivity index (χ0) is 11.4. The molecule has 0 aliphatic rings. The van der Waals surface area contributed by atoms with Gasteiger partial charge in [-0.05, 0) is 18.2 Å². The molecule has 0 saturated heterocycles. The minimum atomic E-state index is -0.576. The Morgan fingerprint density at radius 3 is 2.87 bits per heavy atom. The van der Waals surface area contributed by atoms with Gasteiger partial charge in [0.15, 0.2) is 0 Å². The third-order valence-corrected chi connectivity index (χ3v) is 2.00. The zero-order valence-corrected chi connectivity index (χ0v) is 8.53. The standard InChI is InChI=1S/C11H13FN2O/c1-3-6-14(2)11(15)8-4-5-10(13)9(12)7-8/h3-5,7H,1,6,13H2,2H3. The Morgan fingerprint density at radius 2 is 2.33 bits per heavy atom. The van der Waals surface area contributed by atoms with Crippen molar-refractivity contribution in [2.75, 3.05) is 19.3 Å². The number of anilines is 1. The van der Waals surface area contributed by atoms with Crippen molar-refractivity contribution in [1.29, 1.82) is 0 Å². The maximum absolute atomic E-state index is 13.1. The van der Waals surface area contributed by atoms with E-state index in [1.165, 1.54) is 17.0 Å². The Hall–Kier alpha value is -1.84. The summed E-state index contributed by atoms with van der Waals surface area (Å²) >= 11 is 0. The van der Waals surface area contributed by atoms with E-state index < -0.39 is 5.82 Å². The highest BCUT2D eigenvalue weighted by Crippen LogP contribution is 2.13. The number of likely N-dealkylation sites (N-methyl/N-ethyl adjacent to an activating group) is 1. The number of nitrogen functional groups attached to an aromatic ring is 1. The first-order chi connectivity index (χ1) is 7.06. The van der Waals surface area contributed by atoms with Crippen molar-refractivity contribution in [2.24, 2.45) is 0 Å². The second-order valence-electron chi connectivity index (χ2n) is 3.21. The topological polar surface area (TPSA) is 46.3 Å². The Morgan fingerprint density at radius 1 is 1.67 bits per heavy atom. The van der Waals surface area contributed by atoms with Crippen LogP contribution in [-0.4, -0.2) is 24.4 Å². The average molecular weight is 208 g/mol. The normalized spacial score (nSPS) is 9.73. The summed E-state index contributed by atoms with van der Waals surface area (Å²) in [4.78, 5) is 13.1. The summed E-state index contributed by atoms with van der Waals surface area (Å²) in [7, 11) is 1.62. The molecule has 80 valence electrons. The second kappa shape index (κ2) is 4.59. The lowest BCUT2D eigenvalue weighted by atomic mass is 10.2. The fourth-order valence-electron chi connectivity index (χ4n) is 1.16. The molecular formula is C11H13FN2O. The average Bonchev–Trinajstić information content (AvgIpc) is 2.21. The monoisotopic (exact) mass is 208 g/mol. The van der Waals surface area contributed by atoms with Crippen LogP contribution in [0.1, 0.15) is 10.4 Å². The summed E-state index contributed by atoms with van der Waals surface area (Å²) < 4.78 is 13.1. The number of nitrogens with two attached hydrogens (primary N) is 1. The van der Waals surface area contributed by atoms with E-state index in [0.717, 1.165) is 6.07 Å². The van der Waals surface area contributed by atoms with Gasteiger partial charge >= 0.3 is 0 Å². The number of amides is 1. The molecule has 0 heterocycles. The maximum Gasteiger partial charge on any atom is 0.253 e. The van der Waals surface area contributed by atoms with E-state index in [-0.39, 0.29) is 17.2 Å². The molecule has 3 nitrogen and oxygen atoms in total. The van der Waals surface area contributed by atoms with Crippen LogP contribution in [0, 0.1) is 5.82 Å². The van der Waals surface area contributed by atoms with Gasteiger partial charge in [-0.15, -0.1) is 6.58 Å². The lowest BCUT2D eigenvalue weighted by Crippen LogP contribution is -2.26. The first-order valence-electron chi connectivity index (χ1n) is 4.47. The molecule has 1 aromatic rings. The van der Waals surface area contributed by atoms with Gasteiger partial charge in [-0.3, -0.25) is 4.79 Å². The van der Waals surface area contributed by atoms with Crippen molar-refractivity contribution in [2.45, 2.75) is 0 Å². The summed E-state index contributed by atoms with van der Waals surface area (Å²) in [6, 6.07) is 4.02. The Bertz CT molecular complexity index is 390. The van der Waals surface area contributed by atoms with E-state index in [0.29, 0.717) is 6.54 Å². The number of benzene rings is 1. The molecule has 0 aromatic heterocycles. The van der Waals surface area contributed by atoms with Crippen LogP contribution in [-0.2, 0) is 0 Å². The number of nitrogens with zero attached hydrogens (tertiary/aromatic N) is 1. The van der Waals surface area contributed by atoms with Crippen molar-refractivity contribution < 1.29 is 9.18 Å². The Labute approximate surface area is 88.0 Å². The lowest BCUT2D eigenvalue weighted by Gasteiger charge is -2.14. The van der Waals surface area contributed by atoms with Crippen LogP contribution < -0.4 is 5.73 Å². The molecular weight excluding hydrogens is 195 g/mol. The highest BCUT2D eigenvalue weighted by molar-refractivity contribution is 5.94. The van der Waals surface area contributed by atoms with Crippen LogP contribution in [0.25, 0.3) is 0 Å². The minimum absolute atomic E-state index is 0.0397. The molecule has 1 amide bonds. The molecule has 1 aromatic carbocycles. The van der Waals surface area contributed by atoms with Crippen molar-refractivity contribution in [3.05, 3.63) is 42.2 Å². The quantitative estimate of drug-likeness (QED) is 0.606. The predicted octanol–water partition coefficient (Wildman–Crippen LogP) is 1.67. The van der Waals surface area contributed by atoms with Gasteiger partial charge in [-0.25, -0.2) is 4.39 Å². The fraction of sp³-hybridized carbons (Fsp3) is 0.182. The van der Waals surface area contributed by atoms with E-state index in [1.54, 1.807) is 13.1 Å². The molecule has 0 bridgehead atoms. The smallest absolute Gasteiger partial charge is 0.253 e. The largest absolute Gasteiger partial charge is 0.396 e. The minimum Gasteiger partial charge on any atom is -0.396 e. The highest BCUT2D eigenvalue weighted by Gasteiger charge is 2.11. The number of carbonyl (C=O) groups is 1. The number of hydrogen-bond acceptors (Lipinski definition) is 2. The van der Waals surface area contributed by atoms with Crippen LogP contribution in [0.15, 0.2) is 30.9 Å². The third-order valence-electron chi connectivity index (χ3n) is 2.00. The molecule has 1 rings (SSSR count). The fourth-order valence-corrected chi connectivity index (χ4v) is 1.16. The summed E-state index contributed by atoms with van der Waals surface area (Å²) in [6.45, 7) is 3.94. The predicted molar refractivity (Wildman–Crippen MR) is 58.0 cm³/mol. The van der Waals surface area contributed by atoms with E-state index in [9.17, 15) is 9.18 Å². The van der Waals surface area contributed by atoms with Gasteiger partial charge in [-0.2, -0.15) is 0 Å². The number of carbonyl (C=O) groups excluding carboxylic acids is 1. The first-order valence-corrected chi connectivity index (χ1v) is 4.47. The summed E-state index contributed by atoms with van der Waals surface area (Å²) in [5.74, 6) is -0.832. The molecule has 0 atom stereocenters.